The molecule has 0 saturated carbocycles. The van der Waals surface area contributed by atoms with E-state index in [1.165, 1.54) is 18.2 Å². The van der Waals surface area contributed by atoms with Crippen LogP contribution in [0, 0.1) is 6.92 Å². The van der Waals surface area contributed by atoms with Gasteiger partial charge in [-0.1, -0.05) is 18.2 Å². The van der Waals surface area contributed by atoms with Crippen LogP contribution in [0.25, 0.3) is 0 Å². The van der Waals surface area contributed by atoms with Gasteiger partial charge in [0, 0.05) is 11.3 Å². The minimum absolute atomic E-state index is 0.269. The summed E-state index contributed by atoms with van der Waals surface area (Å²) < 4.78 is 38.7. The Hall–Kier alpha value is -3.03. The van der Waals surface area contributed by atoms with E-state index in [0.29, 0.717) is 16.8 Å². The zero-order valence-corrected chi connectivity index (χ0v) is 13.3. The Balaban J connectivity index is 2.08. The van der Waals surface area contributed by atoms with Crippen molar-refractivity contribution < 1.29 is 22.8 Å². The number of alkyl halides is 3. The van der Waals surface area contributed by atoms with Gasteiger partial charge in [0.15, 0.2) is 0 Å². The molecule has 2 aromatic rings. The number of carbonyl (C=O) groups is 2. The van der Waals surface area contributed by atoms with Crippen molar-refractivity contribution in [1.82, 2.24) is 0 Å². The van der Waals surface area contributed by atoms with Crippen molar-refractivity contribution in [1.29, 1.82) is 0 Å². The first-order valence-corrected chi connectivity index (χ1v) is 7.29. The van der Waals surface area contributed by atoms with Crippen LogP contribution in [0.3, 0.4) is 0 Å². The first-order chi connectivity index (χ1) is 11.7. The fourth-order valence-corrected chi connectivity index (χ4v) is 2.30. The monoisotopic (exact) mass is 351 g/mol. The van der Waals surface area contributed by atoms with Crippen molar-refractivity contribution in [3.63, 3.8) is 0 Å². The van der Waals surface area contributed by atoms with Crippen molar-refractivity contribution in [3.8, 4) is 0 Å². The van der Waals surface area contributed by atoms with Crippen LogP contribution >= 0.6 is 0 Å². The smallest absolute Gasteiger partial charge is 0.376 e. The molecular formula is C17H16F3N3O2. The SMILES string of the molecule is Cc1c(NCC(=O)Nc2ccccc2C(F)(F)F)cccc1C(N)=O. The van der Waals surface area contributed by atoms with Gasteiger partial charge in [0.05, 0.1) is 17.8 Å². The third kappa shape index (κ3) is 4.50. The third-order valence-electron chi connectivity index (χ3n) is 3.55. The van der Waals surface area contributed by atoms with Gasteiger partial charge < -0.3 is 16.4 Å². The summed E-state index contributed by atoms with van der Waals surface area (Å²) in [6.45, 7) is 1.38. The van der Waals surface area contributed by atoms with E-state index < -0.39 is 23.6 Å². The molecule has 0 fully saturated rings. The normalized spacial score (nSPS) is 11.0. The van der Waals surface area contributed by atoms with Gasteiger partial charge in [0.1, 0.15) is 0 Å². The predicted octanol–water partition coefficient (Wildman–Crippen LogP) is 3.16. The fourth-order valence-electron chi connectivity index (χ4n) is 2.30. The van der Waals surface area contributed by atoms with Crippen LogP contribution in [0.5, 0.6) is 0 Å². The Bertz CT molecular complexity index is 804. The molecule has 0 aliphatic carbocycles. The maximum absolute atomic E-state index is 12.9. The molecular weight excluding hydrogens is 335 g/mol. The number of carbonyl (C=O) groups excluding carboxylic acids is 2. The second-order valence-corrected chi connectivity index (χ2v) is 5.29. The average molecular weight is 351 g/mol. The van der Waals surface area contributed by atoms with E-state index in [1.54, 1.807) is 25.1 Å². The number of amides is 2. The number of nitrogens with one attached hydrogen (secondary N) is 2. The average Bonchev–Trinajstić information content (AvgIpc) is 2.53. The summed E-state index contributed by atoms with van der Waals surface area (Å²) in [6, 6.07) is 9.49. The lowest BCUT2D eigenvalue weighted by atomic mass is 10.1. The largest absolute Gasteiger partial charge is 0.418 e. The number of primary amides is 1. The second-order valence-electron chi connectivity index (χ2n) is 5.29. The van der Waals surface area contributed by atoms with Crippen LogP contribution in [0.1, 0.15) is 21.5 Å². The molecule has 2 rings (SSSR count). The minimum atomic E-state index is -4.57. The first-order valence-electron chi connectivity index (χ1n) is 7.29. The van der Waals surface area contributed by atoms with E-state index in [2.05, 4.69) is 10.6 Å². The fraction of sp³-hybridized carbons (Fsp3) is 0.176. The zero-order valence-electron chi connectivity index (χ0n) is 13.3. The Labute approximate surface area is 142 Å². The van der Waals surface area contributed by atoms with Crippen molar-refractivity contribution in [2.45, 2.75) is 13.1 Å². The number of halogens is 3. The quantitative estimate of drug-likeness (QED) is 0.774. The van der Waals surface area contributed by atoms with Crippen molar-refractivity contribution in [2.75, 3.05) is 17.2 Å². The summed E-state index contributed by atoms with van der Waals surface area (Å²) in [4.78, 5) is 23.3. The number of rotatable bonds is 5. The van der Waals surface area contributed by atoms with Crippen molar-refractivity contribution in [2.24, 2.45) is 5.73 Å². The van der Waals surface area contributed by atoms with Gasteiger partial charge in [0.25, 0.3) is 0 Å². The number of benzene rings is 2. The van der Waals surface area contributed by atoms with E-state index in [9.17, 15) is 22.8 Å². The predicted molar refractivity (Wildman–Crippen MR) is 88.3 cm³/mol. The van der Waals surface area contributed by atoms with Crippen LogP contribution in [0.2, 0.25) is 0 Å². The molecule has 2 amide bonds. The molecule has 5 nitrogen and oxygen atoms in total. The number of anilines is 2. The number of hydrogen-bond donors (Lipinski definition) is 3. The Kier molecular flexibility index (Phi) is 5.31. The standard InChI is InChI=1S/C17H16F3N3O2/c1-10-11(16(21)25)5-4-8-13(10)22-9-15(24)23-14-7-3-2-6-12(14)17(18,19)20/h2-8,22H,9H2,1H3,(H2,21,25)(H,23,24). The van der Waals surface area contributed by atoms with Gasteiger partial charge in [-0.15, -0.1) is 0 Å². The number of hydrogen-bond acceptors (Lipinski definition) is 3. The topological polar surface area (TPSA) is 84.2 Å². The van der Waals surface area contributed by atoms with E-state index >= 15 is 0 Å². The lowest BCUT2D eigenvalue weighted by Gasteiger charge is -2.15. The molecule has 8 heteroatoms. The maximum atomic E-state index is 12.9. The molecule has 0 atom stereocenters. The van der Waals surface area contributed by atoms with Crippen LogP contribution in [0.15, 0.2) is 42.5 Å². The van der Waals surface area contributed by atoms with Crippen molar-refractivity contribution >= 4 is 23.2 Å². The van der Waals surface area contributed by atoms with Gasteiger partial charge in [-0.25, -0.2) is 0 Å². The van der Waals surface area contributed by atoms with Crippen molar-refractivity contribution in [3.05, 3.63) is 59.2 Å². The highest BCUT2D eigenvalue weighted by atomic mass is 19.4. The van der Waals surface area contributed by atoms with Crippen LogP contribution in [0.4, 0.5) is 24.5 Å². The molecule has 0 spiro atoms. The molecule has 0 aliphatic heterocycles. The summed E-state index contributed by atoms with van der Waals surface area (Å²) in [5.74, 6) is -1.26. The third-order valence-corrected chi connectivity index (χ3v) is 3.55. The van der Waals surface area contributed by atoms with E-state index in [4.69, 9.17) is 5.73 Å². The number of para-hydroxylation sites is 1. The zero-order chi connectivity index (χ0) is 18.6. The molecule has 0 radical (unpaired) electrons. The molecule has 0 bridgehead atoms. The minimum Gasteiger partial charge on any atom is -0.376 e. The second kappa shape index (κ2) is 7.25. The Morgan fingerprint density at radius 1 is 1.04 bits per heavy atom. The molecule has 0 aliphatic rings. The lowest BCUT2D eigenvalue weighted by molar-refractivity contribution is -0.137. The molecule has 0 unspecified atom stereocenters. The van der Waals surface area contributed by atoms with Crippen LogP contribution in [-0.2, 0) is 11.0 Å². The lowest BCUT2D eigenvalue weighted by Crippen LogP contribution is -2.24. The van der Waals surface area contributed by atoms with E-state index in [1.807, 2.05) is 0 Å². The van der Waals surface area contributed by atoms with Gasteiger partial charge in [-0.3, -0.25) is 9.59 Å². The highest BCUT2D eigenvalue weighted by molar-refractivity contribution is 5.97. The summed E-state index contributed by atoms with van der Waals surface area (Å²) >= 11 is 0. The highest BCUT2D eigenvalue weighted by Gasteiger charge is 2.33. The van der Waals surface area contributed by atoms with Gasteiger partial charge in [-0.05, 0) is 36.8 Å². The summed E-state index contributed by atoms with van der Waals surface area (Å²) in [6.07, 6.45) is -4.57. The summed E-state index contributed by atoms with van der Waals surface area (Å²) in [5, 5.41) is 5.02. The molecule has 25 heavy (non-hydrogen) atoms. The van der Waals surface area contributed by atoms with Gasteiger partial charge >= 0.3 is 6.18 Å². The Morgan fingerprint density at radius 2 is 1.68 bits per heavy atom. The molecule has 0 heterocycles. The number of nitrogens with two attached hydrogens (primary N) is 1. The van der Waals surface area contributed by atoms with E-state index in [0.717, 1.165) is 6.07 Å². The molecule has 2 aromatic carbocycles. The molecule has 132 valence electrons. The summed E-state index contributed by atoms with van der Waals surface area (Å²) in [5.41, 5.74) is 5.36. The molecule has 0 aromatic heterocycles. The highest BCUT2D eigenvalue weighted by Crippen LogP contribution is 2.34. The van der Waals surface area contributed by atoms with Gasteiger partial charge in [-0.2, -0.15) is 13.2 Å². The van der Waals surface area contributed by atoms with Gasteiger partial charge in [0.2, 0.25) is 11.8 Å². The Morgan fingerprint density at radius 3 is 2.32 bits per heavy atom. The summed E-state index contributed by atoms with van der Waals surface area (Å²) in [7, 11) is 0. The van der Waals surface area contributed by atoms with E-state index in [-0.39, 0.29) is 12.2 Å². The first kappa shape index (κ1) is 18.3. The molecule has 4 N–H and O–H groups in total. The maximum Gasteiger partial charge on any atom is 0.418 e. The van der Waals surface area contributed by atoms with Crippen LogP contribution in [-0.4, -0.2) is 18.4 Å². The van der Waals surface area contributed by atoms with Crippen LogP contribution < -0.4 is 16.4 Å². The molecule has 0 saturated heterocycles.